The molecule has 2 N–H and O–H groups in total. The zero-order valence-corrected chi connectivity index (χ0v) is 13.3. The van der Waals surface area contributed by atoms with Crippen LogP contribution in [-0.4, -0.2) is 29.5 Å². The zero-order valence-electron chi connectivity index (χ0n) is 12.5. The zero-order chi connectivity index (χ0) is 15.5. The molecule has 3 aromatic rings. The summed E-state index contributed by atoms with van der Waals surface area (Å²) < 4.78 is 11.7. The van der Waals surface area contributed by atoms with Gasteiger partial charge in [0, 0.05) is 18.7 Å². The van der Waals surface area contributed by atoms with Gasteiger partial charge in [0.15, 0.2) is 11.5 Å². The number of thiophene rings is 1. The molecule has 0 saturated carbocycles. The maximum Gasteiger partial charge on any atom is 0.161 e. The van der Waals surface area contributed by atoms with E-state index < -0.39 is 0 Å². The average molecular weight is 327 g/mol. The Morgan fingerprint density at radius 1 is 1.22 bits per heavy atom. The SMILES string of the molecule is c1csc(-c2[nH]ncc2CNCC2COc3ccccc3O2)c1. The molecule has 0 amide bonds. The van der Waals surface area contributed by atoms with E-state index in [1.807, 2.05) is 36.5 Å². The highest BCUT2D eigenvalue weighted by Crippen LogP contribution is 2.30. The van der Waals surface area contributed by atoms with E-state index in [9.17, 15) is 0 Å². The molecule has 1 aliphatic rings. The van der Waals surface area contributed by atoms with E-state index >= 15 is 0 Å². The highest BCUT2D eigenvalue weighted by atomic mass is 32.1. The Balaban J connectivity index is 1.34. The highest BCUT2D eigenvalue weighted by molar-refractivity contribution is 7.13. The van der Waals surface area contributed by atoms with Crippen LogP contribution in [0.25, 0.3) is 10.6 Å². The summed E-state index contributed by atoms with van der Waals surface area (Å²) in [5.41, 5.74) is 2.24. The summed E-state index contributed by atoms with van der Waals surface area (Å²) in [6.45, 7) is 2.03. The van der Waals surface area contributed by atoms with Gasteiger partial charge in [-0.3, -0.25) is 5.10 Å². The standard InChI is InChI=1S/C17H17N3O2S/c1-2-5-15-14(4-1)21-11-13(22-15)10-18-8-12-9-19-20-17(12)16-6-3-7-23-16/h1-7,9,13,18H,8,10-11H2,(H,19,20). The normalized spacial score (nSPS) is 16.4. The van der Waals surface area contributed by atoms with E-state index in [-0.39, 0.29) is 6.10 Å². The molecule has 1 unspecified atom stereocenters. The first kappa shape index (κ1) is 14.3. The van der Waals surface area contributed by atoms with Crippen LogP contribution < -0.4 is 14.8 Å². The molecule has 5 nitrogen and oxygen atoms in total. The molecule has 0 bridgehead atoms. The van der Waals surface area contributed by atoms with Crippen LogP contribution in [0.1, 0.15) is 5.56 Å². The Morgan fingerprint density at radius 2 is 2.13 bits per heavy atom. The molecule has 0 aliphatic carbocycles. The lowest BCUT2D eigenvalue weighted by Crippen LogP contribution is -2.38. The summed E-state index contributed by atoms with van der Waals surface area (Å²) in [6.07, 6.45) is 1.89. The van der Waals surface area contributed by atoms with Gasteiger partial charge in [-0.15, -0.1) is 11.3 Å². The Kier molecular flexibility index (Phi) is 4.00. The lowest BCUT2D eigenvalue weighted by molar-refractivity contribution is 0.0902. The van der Waals surface area contributed by atoms with E-state index in [1.54, 1.807) is 11.3 Å². The summed E-state index contributed by atoms with van der Waals surface area (Å²) in [5, 5.41) is 12.7. The molecule has 1 atom stereocenters. The van der Waals surface area contributed by atoms with Crippen molar-refractivity contribution < 1.29 is 9.47 Å². The van der Waals surface area contributed by atoms with E-state index in [1.165, 1.54) is 4.88 Å². The average Bonchev–Trinajstić information content (AvgIpc) is 3.26. The minimum Gasteiger partial charge on any atom is -0.486 e. The number of nitrogens with zero attached hydrogens (tertiary/aromatic N) is 1. The van der Waals surface area contributed by atoms with Crippen molar-refractivity contribution in [3.05, 3.63) is 53.5 Å². The van der Waals surface area contributed by atoms with Crippen LogP contribution in [0.5, 0.6) is 11.5 Å². The maximum atomic E-state index is 5.94. The van der Waals surface area contributed by atoms with Gasteiger partial charge in [0.25, 0.3) is 0 Å². The molecular weight excluding hydrogens is 310 g/mol. The third-order valence-electron chi connectivity index (χ3n) is 3.74. The summed E-state index contributed by atoms with van der Waals surface area (Å²) in [7, 11) is 0. The van der Waals surface area contributed by atoms with Crippen molar-refractivity contribution in [2.45, 2.75) is 12.6 Å². The van der Waals surface area contributed by atoms with Crippen molar-refractivity contribution in [1.82, 2.24) is 15.5 Å². The molecule has 6 heteroatoms. The van der Waals surface area contributed by atoms with E-state index in [4.69, 9.17) is 9.47 Å². The number of para-hydroxylation sites is 2. The van der Waals surface area contributed by atoms with Gasteiger partial charge in [0.1, 0.15) is 12.7 Å². The lowest BCUT2D eigenvalue weighted by atomic mass is 10.2. The van der Waals surface area contributed by atoms with Crippen molar-refractivity contribution in [3.63, 3.8) is 0 Å². The molecule has 0 spiro atoms. The predicted molar refractivity (Wildman–Crippen MR) is 90.0 cm³/mol. The van der Waals surface area contributed by atoms with E-state index in [0.29, 0.717) is 6.61 Å². The predicted octanol–water partition coefficient (Wildman–Crippen LogP) is 3.07. The molecule has 23 heavy (non-hydrogen) atoms. The highest BCUT2D eigenvalue weighted by Gasteiger charge is 2.20. The molecule has 2 aromatic heterocycles. The second-order valence-corrected chi connectivity index (χ2v) is 6.32. The first-order valence-corrected chi connectivity index (χ1v) is 8.43. The second kappa shape index (κ2) is 6.44. The second-order valence-electron chi connectivity index (χ2n) is 5.38. The number of aromatic amines is 1. The van der Waals surface area contributed by atoms with Gasteiger partial charge in [-0.05, 0) is 23.6 Å². The summed E-state index contributed by atoms with van der Waals surface area (Å²) >= 11 is 1.70. The van der Waals surface area contributed by atoms with Gasteiger partial charge in [0.2, 0.25) is 0 Å². The Bertz CT molecular complexity index is 770. The van der Waals surface area contributed by atoms with E-state index in [2.05, 4.69) is 27.0 Å². The Labute approximate surface area is 138 Å². The number of hydrogen-bond donors (Lipinski definition) is 2. The molecular formula is C17H17N3O2S. The summed E-state index contributed by atoms with van der Waals surface area (Å²) in [4.78, 5) is 1.20. The van der Waals surface area contributed by atoms with Crippen molar-refractivity contribution >= 4 is 11.3 Å². The minimum atomic E-state index is 0.0157. The number of ether oxygens (including phenoxy) is 2. The first-order valence-electron chi connectivity index (χ1n) is 7.55. The van der Waals surface area contributed by atoms with Crippen LogP contribution in [0.3, 0.4) is 0 Å². The largest absolute Gasteiger partial charge is 0.486 e. The number of benzene rings is 1. The van der Waals surface area contributed by atoms with E-state index in [0.717, 1.165) is 35.8 Å². The van der Waals surface area contributed by atoms with Gasteiger partial charge >= 0.3 is 0 Å². The number of H-pyrrole nitrogens is 1. The van der Waals surface area contributed by atoms with Crippen LogP contribution in [0.4, 0.5) is 0 Å². The first-order chi connectivity index (χ1) is 11.4. The third kappa shape index (κ3) is 3.09. The molecule has 0 radical (unpaired) electrons. The number of nitrogens with one attached hydrogen (secondary N) is 2. The van der Waals surface area contributed by atoms with Gasteiger partial charge < -0.3 is 14.8 Å². The van der Waals surface area contributed by atoms with Crippen molar-refractivity contribution in [3.8, 4) is 22.1 Å². The van der Waals surface area contributed by atoms with Gasteiger partial charge in [-0.1, -0.05) is 18.2 Å². The van der Waals surface area contributed by atoms with Gasteiger partial charge in [-0.25, -0.2) is 0 Å². The molecule has 118 valence electrons. The monoisotopic (exact) mass is 327 g/mol. The fourth-order valence-corrected chi connectivity index (χ4v) is 3.37. The molecule has 1 aliphatic heterocycles. The van der Waals surface area contributed by atoms with Crippen molar-refractivity contribution in [2.75, 3.05) is 13.2 Å². The van der Waals surface area contributed by atoms with Crippen molar-refractivity contribution in [1.29, 1.82) is 0 Å². The molecule has 0 saturated heterocycles. The topological polar surface area (TPSA) is 59.2 Å². The Hall–Kier alpha value is -2.31. The minimum absolute atomic E-state index is 0.0157. The quantitative estimate of drug-likeness (QED) is 0.756. The van der Waals surface area contributed by atoms with Crippen LogP contribution >= 0.6 is 11.3 Å². The molecule has 0 fully saturated rings. The summed E-state index contributed by atoms with van der Waals surface area (Å²) in [5.74, 6) is 1.63. The smallest absolute Gasteiger partial charge is 0.161 e. The van der Waals surface area contributed by atoms with Crippen LogP contribution in [-0.2, 0) is 6.54 Å². The fraction of sp³-hybridized carbons (Fsp3) is 0.235. The Morgan fingerprint density at radius 3 is 3.00 bits per heavy atom. The van der Waals surface area contributed by atoms with Crippen molar-refractivity contribution in [2.24, 2.45) is 0 Å². The van der Waals surface area contributed by atoms with Crippen LogP contribution in [0.15, 0.2) is 48.0 Å². The third-order valence-corrected chi connectivity index (χ3v) is 4.63. The molecule has 3 heterocycles. The number of hydrogen-bond acceptors (Lipinski definition) is 5. The van der Waals surface area contributed by atoms with Gasteiger partial charge in [0.05, 0.1) is 16.8 Å². The lowest BCUT2D eigenvalue weighted by Gasteiger charge is -2.26. The number of fused-ring (bicyclic) bond motifs is 1. The molecule has 1 aromatic carbocycles. The van der Waals surface area contributed by atoms with Gasteiger partial charge in [-0.2, -0.15) is 5.10 Å². The van der Waals surface area contributed by atoms with Crippen LogP contribution in [0, 0.1) is 0 Å². The maximum absolute atomic E-state index is 5.94. The fourth-order valence-electron chi connectivity index (χ4n) is 2.61. The summed E-state index contributed by atoms with van der Waals surface area (Å²) in [6, 6.07) is 11.9. The molecule has 4 rings (SSSR count). The van der Waals surface area contributed by atoms with Crippen LogP contribution in [0.2, 0.25) is 0 Å². The number of aromatic nitrogens is 2. The number of rotatable bonds is 5.